The van der Waals surface area contributed by atoms with Crippen molar-refractivity contribution in [2.75, 3.05) is 0 Å². The molecule has 4 aromatic rings. The molecule has 122 valence electrons. The van der Waals surface area contributed by atoms with Gasteiger partial charge in [-0.2, -0.15) is 0 Å². The molecule has 0 aliphatic heterocycles. The van der Waals surface area contributed by atoms with Gasteiger partial charge in [0.1, 0.15) is 5.58 Å². The van der Waals surface area contributed by atoms with E-state index in [1.54, 1.807) is 30.9 Å². The molecule has 0 unspecified atom stereocenters. The van der Waals surface area contributed by atoms with Crippen LogP contribution in [0.1, 0.15) is 16.2 Å². The number of carbonyl (C=O) groups excluding carboxylic acids is 1. The SMILES string of the molecule is O=C(NCc1nccnc1-c1ccncc1)c1cc2ccccc2o1. The Balaban J connectivity index is 1.54. The molecule has 0 aliphatic rings. The molecule has 0 fully saturated rings. The van der Waals surface area contributed by atoms with E-state index in [4.69, 9.17) is 4.42 Å². The summed E-state index contributed by atoms with van der Waals surface area (Å²) in [5, 5.41) is 3.73. The van der Waals surface area contributed by atoms with Gasteiger partial charge in [-0.1, -0.05) is 18.2 Å². The molecule has 1 N–H and O–H groups in total. The molecule has 1 amide bonds. The lowest BCUT2D eigenvalue weighted by Crippen LogP contribution is -2.23. The van der Waals surface area contributed by atoms with Crippen molar-refractivity contribution in [3.63, 3.8) is 0 Å². The van der Waals surface area contributed by atoms with Crippen LogP contribution in [0.15, 0.2) is 71.7 Å². The third kappa shape index (κ3) is 3.10. The molecular weight excluding hydrogens is 316 g/mol. The molecule has 25 heavy (non-hydrogen) atoms. The zero-order chi connectivity index (χ0) is 17.1. The van der Waals surface area contributed by atoms with E-state index in [1.807, 2.05) is 36.4 Å². The highest BCUT2D eigenvalue weighted by Crippen LogP contribution is 2.20. The molecule has 1 aromatic carbocycles. The van der Waals surface area contributed by atoms with Crippen molar-refractivity contribution in [1.82, 2.24) is 20.3 Å². The lowest BCUT2D eigenvalue weighted by atomic mass is 10.1. The zero-order valence-corrected chi connectivity index (χ0v) is 13.2. The van der Waals surface area contributed by atoms with Crippen molar-refractivity contribution in [3.05, 3.63) is 78.7 Å². The molecule has 0 saturated carbocycles. The Morgan fingerprint density at radius 3 is 2.64 bits per heavy atom. The van der Waals surface area contributed by atoms with E-state index in [0.717, 1.165) is 16.6 Å². The summed E-state index contributed by atoms with van der Waals surface area (Å²) in [4.78, 5) is 25.1. The maximum Gasteiger partial charge on any atom is 0.287 e. The van der Waals surface area contributed by atoms with Crippen LogP contribution in [0.5, 0.6) is 0 Å². The minimum absolute atomic E-state index is 0.251. The van der Waals surface area contributed by atoms with Crippen LogP contribution < -0.4 is 5.32 Å². The fourth-order valence-corrected chi connectivity index (χ4v) is 2.59. The second-order valence-corrected chi connectivity index (χ2v) is 5.42. The number of benzene rings is 1. The second-order valence-electron chi connectivity index (χ2n) is 5.42. The Bertz CT molecular complexity index is 995. The average Bonchev–Trinajstić information content (AvgIpc) is 3.11. The van der Waals surface area contributed by atoms with Crippen LogP contribution in [0.4, 0.5) is 0 Å². The average molecular weight is 330 g/mol. The molecule has 0 spiro atoms. The van der Waals surface area contributed by atoms with Crippen LogP contribution in [0.3, 0.4) is 0 Å². The Hall–Kier alpha value is -3.54. The minimum Gasteiger partial charge on any atom is -0.451 e. The molecule has 3 heterocycles. The summed E-state index contributed by atoms with van der Waals surface area (Å²) in [5.41, 5.74) is 2.98. The Morgan fingerprint density at radius 2 is 1.80 bits per heavy atom. The molecule has 6 heteroatoms. The van der Waals surface area contributed by atoms with Gasteiger partial charge in [-0.25, -0.2) is 0 Å². The lowest BCUT2D eigenvalue weighted by Gasteiger charge is -2.08. The fraction of sp³-hybridized carbons (Fsp3) is 0.0526. The summed E-state index contributed by atoms with van der Waals surface area (Å²) in [6.45, 7) is 0.251. The van der Waals surface area contributed by atoms with Gasteiger partial charge in [-0.3, -0.25) is 19.7 Å². The fourth-order valence-electron chi connectivity index (χ4n) is 2.59. The van der Waals surface area contributed by atoms with Crippen molar-refractivity contribution < 1.29 is 9.21 Å². The van der Waals surface area contributed by atoms with Crippen molar-refractivity contribution in [1.29, 1.82) is 0 Å². The van der Waals surface area contributed by atoms with E-state index < -0.39 is 0 Å². The van der Waals surface area contributed by atoms with Crippen LogP contribution in [0.2, 0.25) is 0 Å². The van der Waals surface area contributed by atoms with E-state index in [-0.39, 0.29) is 18.2 Å². The van der Waals surface area contributed by atoms with Gasteiger partial charge in [-0.15, -0.1) is 0 Å². The minimum atomic E-state index is -0.289. The zero-order valence-electron chi connectivity index (χ0n) is 13.2. The van der Waals surface area contributed by atoms with Gasteiger partial charge in [0, 0.05) is 35.7 Å². The highest BCUT2D eigenvalue weighted by Gasteiger charge is 2.14. The number of aromatic nitrogens is 3. The molecule has 0 saturated heterocycles. The van der Waals surface area contributed by atoms with Crippen LogP contribution in [-0.4, -0.2) is 20.9 Å². The smallest absolute Gasteiger partial charge is 0.287 e. The Labute approximate surface area is 143 Å². The predicted molar refractivity (Wildman–Crippen MR) is 92.6 cm³/mol. The molecule has 6 nitrogen and oxygen atoms in total. The van der Waals surface area contributed by atoms with Crippen molar-refractivity contribution >= 4 is 16.9 Å². The summed E-state index contributed by atoms with van der Waals surface area (Å²) < 4.78 is 5.58. The van der Waals surface area contributed by atoms with Gasteiger partial charge in [0.05, 0.1) is 17.9 Å². The summed E-state index contributed by atoms with van der Waals surface area (Å²) >= 11 is 0. The Morgan fingerprint density at radius 1 is 1.00 bits per heavy atom. The molecule has 4 rings (SSSR count). The first-order valence-corrected chi connectivity index (χ1v) is 7.78. The molecular formula is C19H14N4O2. The largest absolute Gasteiger partial charge is 0.451 e. The van der Waals surface area contributed by atoms with Crippen LogP contribution in [0, 0.1) is 0 Å². The topological polar surface area (TPSA) is 80.9 Å². The monoisotopic (exact) mass is 330 g/mol. The van der Waals surface area contributed by atoms with Gasteiger partial charge in [0.15, 0.2) is 5.76 Å². The number of para-hydroxylation sites is 1. The van der Waals surface area contributed by atoms with Gasteiger partial charge in [0.2, 0.25) is 0 Å². The molecule has 0 radical (unpaired) electrons. The first-order valence-electron chi connectivity index (χ1n) is 7.78. The summed E-state index contributed by atoms with van der Waals surface area (Å²) in [6, 6.07) is 12.9. The number of fused-ring (bicyclic) bond motifs is 1. The number of rotatable bonds is 4. The van der Waals surface area contributed by atoms with Gasteiger partial charge in [0.25, 0.3) is 5.91 Å². The standard InChI is InChI=1S/C19H14N4O2/c24-19(17-11-14-3-1-2-4-16(14)25-17)23-12-15-18(22-10-9-21-15)13-5-7-20-8-6-13/h1-11H,12H2,(H,23,24). The van der Waals surface area contributed by atoms with Gasteiger partial charge < -0.3 is 9.73 Å². The number of carbonyl (C=O) groups is 1. The normalized spacial score (nSPS) is 10.7. The molecule has 0 aliphatic carbocycles. The van der Waals surface area contributed by atoms with E-state index in [1.165, 1.54) is 0 Å². The number of hydrogen-bond donors (Lipinski definition) is 1. The predicted octanol–water partition coefficient (Wildman–Crippen LogP) is 3.21. The molecule has 0 atom stereocenters. The van der Waals surface area contributed by atoms with E-state index in [2.05, 4.69) is 20.3 Å². The number of pyridine rings is 1. The lowest BCUT2D eigenvalue weighted by molar-refractivity contribution is 0.0925. The summed E-state index contributed by atoms with van der Waals surface area (Å²) in [5.74, 6) is -0.0157. The third-order valence-corrected chi connectivity index (χ3v) is 3.79. The van der Waals surface area contributed by atoms with Crippen LogP contribution in [-0.2, 0) is 6.54 Å². The highest BCUT2D eigenvalue weighted by atomic mass is 16.3. The number of amides is 1. The highest BCUT2D eigenvalue weighted by molar-refractivity contribution is 5.96. The number of nitrogens with zero attached hydrogens (tertiary/aromatic N) is 3. The Kier molecular flexibility index (Phi) is 3.92. The van der Waals surface area contributed by atoms with E-state index >= 15 is 0 Å². The molecule has 3 aromatic heterocycles. The van der Waals surface area contributed by atoms with Crippen molar-refractivity contribution in [3.8, 4) is 11.3 Å². The number of hydrogen-bond acceptors (Lipinski definition) is 5. The molecule has 0 bridgehead atoms. The summed E-state index contributed by atoms with van der Waals surface area (Å²) in [7, 11) is 0. The third-order valence-electron chi connectivity index (χ3n) is 3.79. The first-order chi connectivity index (χ1) is 12.3. The van der Waals surface area contributed by atoms with E-state index in [0.29, 0.717) is 11.3 Å². The van der Waals surface area contributed by atoms with Gasteiger partial charge in [-0.05, 0) is 24.3 Å². The quantitative estimate of drug-likeness (QED) is 0.621. The van der Waals surface area contributed by atoms with Crippen molar-refractivity contribution in [2.24, 2.45) is 0 Å². The number of nitrogens with one attached hydrogen (secondary N) is 1. The summed E-state index contributed by atoms with van der Waals surface area (Å²) in [6.07, 6.45) is 6.62. The maximum atomic E-state index is 12.4. The van der Waals surface area contributed by atoms with Crippen molar-refractivity contribution in [2.45, 2.75) is 6.54 Å². The van der Waals surface area contributed by atoms with Gasteiger partial charge >= 0.3 is 0 Å². The first kappa shape index (κ1) is 15.0. The van der Waals surface area contributed by atoms with E-state index in [9.17, 15) is 4.79 Å². The van der Waals surface area contributed by atoms with Crippen LogP contribution in [0.25, 0.3) is 22.2 Å². The second kappa shape index (κ2) is 6.52. The maximum absolute atomic E-state index is 12.4. The van der Waals surface area contributed by atoms with Crippen LogP contribution >= 0.6 is 0 Å². The number of furan rings is 1.